The van der Waals surface area contributed by atoms with Gasteiger partial charge < -0.3 is 15.8 Å². The highest BCUT2D eigenvalue weighted by Gasteiger charge is 2.06. The molecule has 98 valence electrons. The molecule has 3 N–H and O–H groups in total. The van der Waals surface area contributed by atoms with E-state index in [0.29, 0.717) is 30.3 Å². The van der Waals surface area contributed by atoms with Crippen molar-refractivity contribution in [2.24, 2.45) is 5.73 Å². The van der Waals surface area contributed by atoms with Gasteiger partial charge in [-0.25, -0.2) is 0 Å². The molecule has 0 radical (unpaired) electrons. The highest BCUT2D eigenvalue weighted by Crippen LogP contribution is 2.23. The van der Waals surface area contributed by atoms with Crippen molar-refractivity contribution in [3.63, 3.8) is 0 Å². The summed E-state index contributed by atoms with van der Waals surface area (Å²) in [6.07, 6.45) is 2.27. The third-order valence-corrected chi connectivity index (χ3v) is 2.47. The summed E-state index contributed by atoms with van der Waals surface area (Å²) in [6, 6.07) is 5.26. The molecule has 1 rings (SSSR count). The zero-order chi connectivity index (χ0) is 13.4. The number of hydrogen-bond acceptors (Lipinski definition) is 3. The molecular weight excluding hydrogens is 252 g/mol. The topological polar surface area (TPSA) is 64.3 Å². The Bertz CT molecular complexity index is 421. The van der Waals surface area contributed by atoms with Crippen LogP contribution < -0.4 is 15.8 Å². The van der Waals surface area contributed by atoms with Crippen molar-refractivity contribution in [3.8, 4) is 5.75 Å². The first-order valence-electron chi connectivity index (χ1n) is 5.66. The van der Waals surface area contributed by atoms with Crippen LogP contribution in [0.1, 0.15) is 5.56 Å². The molecule has 0 atom stereocenters. The molecule has 1 amide bonds. The van der Waals surface area contributed by atoms with Crippen LogP contribution >= 0.6 is 11.6 Å². The fourth-order valence-corrected chi connectivity index (χ4v) is 1.61. The van der Waals surface area contributed by atoms with Gasteiger partial charge in [0.05, 0.1) is 0 Å². The van der Waals surface area contributed by atoms with E-state index >= 15 is 0 Å². The zero-order valence-electron chi connectivity index (χ0n) is 10.1. The fraction of sp³-hybridized carbons (Fsp3) is 0.308. The Morgan fingerprint density at radius 2 is 2.33 bits per heavy atom. The molecule has 0 unspecified atom stereocenters. The monoisotopic (exact) mass is 268 g/mol. The van der Waals surface area contributed by atoms with Crippen LogP contribution in [-0.2, 0) is 11.2 Å². The maximum atomic E-state index is 11.4. The van der Waals surface area contributed by atoms with Crippen molar-refractivity contribution in [2.45, 2.75) is 6.42 Å². The van der Waals surface area contributed by atoms with Gasteiger partial charge in [-0.3, -0.25) is 4.79 Å². The first kappa shape index (κ1) is 14.5. The van der Waals surface area contributed by atoms with Crippen molar-refractivity contribution < 1.29 is 9.53 Å². The Labute approximate surface area is 112 Å². The summed E-state index contributed by atoms with van der Waals surface area (Å²) in [4.78, 5) is 11.4. The third kappa shape index (κ3) is 4.77. The molecule has 0 aliphatic heterocycles. The number of nitrogens with two attached hydrogens (primary N) is 1. The Kier molecular flexibility index (Phi) is 6.25. The molecule has 4 nitrogen and oxygen atoms in total. The zero-order valence-corrected chi connectivity index (χ0v) is 10.9. The number of halogens is 1. The van der Waals surface area contributed by atoms with Crippen LogP contribution in [0.5, 0.6) is 5.75 Å². The molecule has 0 saturated carbocycles. The Morgan fingerprint density at radius 1 is 1.56 bits per heavy atom. The summed E-state index contributed by atoms with van der Waals surface area (Å²) < 4.78 is 5.44. The summed E-state index contributed by atoms with van der Waals surface area (Å²) in [5, 5.41) is 3.26. The maximum absolute atomic E-state index is 11.4. The van der Waals surface area contributed by atoms with Crippen molar-refractivity contribution in [1.82, 2.24) is 5.32 Å². The van der Waals surface area contributed by atoms with Crippen molar-refractivity contribution >= 4 is 17.5 Å². The van der Waals surface area contributed by atoms with Gasteiger partial charge in [-0.1, -0.05) is 17.7 Å². The second-order valence-electron chi connectivity index (χ2n) is 3.67. The van der Waals surface area contributed by atoms with Crippen molar-refractivity contribution in [1.29, 1.82) is 0 Å². The van der Waals surface area contributed by atoms with Gasteiger partial charge in [-0.15, -0.1) is 6.58 Å². The van der Waals surface area contributed by atoms with E-state index in [0.717, 1.165) is 5.56 Å². The van der Waals surface area contributed by atoms with Gasteiger partial charge in [-0.2, -0.15) is 0 Å². The highest BCUT2D eigenvalue weighted by molar-refractivity contribution is 6.30. The van der Waals surface area contributed by atoms with E-state index in [2.05, 4.69) is 11.9 Å². The normalized spacial score (nSPS) is 9.89. The molecule has 0 spiro atoms. The van der Waals surface area contributed by atoms with Crippen LogP contribution in [0.4, 0.5) is 0 Å². The lowest BCUT2D eigenvalue weighted by Crippen LogP contribution is -2.29. The van der Waals surface area contributed by atoms with Gasteiger partial charge in [0, 0.05) is 11.6 Å². The lowest BCUT2D eigenvalue weighted by atomic mass is 10.1. The average Bonchev–Trinajstić information content (AvgIpc) is 2.36. The molecule has 0 saturated heterocycles. The minimum atomic E-state index is -0.191. The van der Waals surface area contributed by atoms with Crippen LogP contribution in [0.25, 0.3) is 0 Å². The summed E-state index contributed by atoms with van der Waals surface area (Å²) in [5.74, 6) is 0.446. The number of carbonyl (C=O) groups is 1. The summed E-state index contributed by atoms with van der Waals surface area (Å²) in [6.45, 7) is 4.41. The number of carbonyl (C=O) groups excluding carboxylic acids is 1. The predicted octanol–water partition coefficient (Wildman–Crippen LogP) is 1.52. The van der Waals surface area contributed by atoms with E-state index in [4.69, 9.17) is 22.1 Å². The summed E-state index contributed by atoms with van der Waals surface area (Å²) in [7, 11) is 0. The van der Waals surface area contributed by atoms with Gasteiger partial charge in [0.25, 0.3) is 5.91 Å². The standard InChI is InChI=1S/C13H17ClN2O2/c1-2-7-16-13(17)9-18-12-4-3-11(14)8-10(12)5-6-15/h2-4,8H,1,5-7,9,15H2,(H,16,17). The highest BCUT2D eigenvalue weighted by atomic mass is 35.5. The van der Waals surface area contributed by atoms with Gasteiger partial charge >= 0.3 is 0 Å². The second kappa shape index (κ2) is 7.74. The van der Waals surface area contributed by atoms with E-state index in [1.54, 1.807) is 24.3 Å². The maximum Gasteiger partial charge on any atom is 0.258 e. The van der Waals surface area contributed by atoms with Crippen LogP contribution in [0, 0.1) is 0 Å². The number of ether oxygens (including phenoxy) is 1. The number of hydrogen-bond donors (Lipinski definition) is 2. The van der Waals surface area contributed by atoms with Gasteiger partial charge in [0.15, 0.2) is 6.61 Å². The molecular formula is C13H17ClN2O2. The van der Waals surface area contributed by atoms with E-state index in [9.17, 15) is 4.79 Å². The van der Waals surface area contributed by atoms with Gasteiger partial charge in [-0.05, 0) is 36.7 Å². The first-order chi connectivity index (χ1) is 8.67. The Hall–Kier alpha value is -1.52. The van der Waals surface area contributed by atoms with Gasteiger partial charge in [0.2, 0.25) is 0 Å². The molecule has 0 bridgehead atoms. The van der Waals surface area contributed by atoms with Crippen LogP contribution in [0.15, 0.2) is 30.9 Å². The average molecular weight is 269 g/mol. The second-order valence-corrected chi connectivity index (χ2v) is 4.11. The van der Waals surface area contributed by atoms with Gasteiger partial charge in [0.1, 0.15) is 5.75 Å². The third-order valence-electron chi connectivity index (χ3n) is 2.24. The number of rotatable bonds is 7. The first-order valence-corrected chi connectivity index (χ1v) is 6.04. The van der Waals surface area contributed by atoms with E-state index in [-0.39, 0.29) is 12.5 Å². The number of benzene rings is 1. The molecule has 0 aromatic heterocycles. The SMILES string of the molecule is C=CCNC(=O)COc1ccc(Cl)cc1CCN. The fourth-order valence-electron chi connectivity index (χ4n) is 1.42. The van der Waals surface area contributed by atoms with Crippen molar-refractivity contribution in [2.75, 3.05) is 19.7 Å². The van der Waals surface area contributed by atoms with E-state index in [1.807, 2.05) is 0 Å². The van der Waals surface area contributed by atoms with E-state index < -0.39 is 0 Å². The molecule has 18 heavy (non-hydrogen) atoms. The minimum Gasteiger partial charge on any atom is -0.483 e. The molecule has 0 fully saturated rings. The van der Waals surface area contributed by atoms with Crippen LogP contribution in [0.2, 0.25) is 5.02 Å². The molecule has 5 heteroatoms. The van der Waals surface area contributed by atoms with Crippen LogP contribution in [-0.4, -0.2) is 25.6 Å². The lowest BCUT2D eigenvalue weighted by molar-refractivity contribution is -0.122. The summed E-state index contributed by atoms with van der Waals surface area (Å²) >= 11 is 5.90. The molecule has 0 aliphatic rings. The van der Waals surface area contributed by atoms with Crippen molar-refractivity contribution in [3.05, 3.63) is 41.4 Å². The number of nitrogens with one attached hydrogen (secondary N) is 1. The van der Waals surface area contributed by atoms with E-state index in [1.165, 1.54) is 0 Å². The molecule has 0 heterocycles. The Balaban J connectivity index is 2.60. The Morgan fingerprint density at radius 3 is 3.00 bits per heavy atom. The quantitative estimate of drug-likeness (QED) is 0.737. The summed E-state index contributed by atoms with van der Waals surface area (Å²) in [5.41, 5.74) is 6.42. The molecule has 1 aromatic rings. The molecule has 1 aromatic carbocycles. The van der Waals surface area contributed by atoms with Crippen LogP contribution in [0.3, 0.4) is 0 Å². The lowest BCUT2D eigenvalue weighted by Gasteiger charge is -2.11. The minimum absolute atomic E-state index is 0.0347. The smallest absolute Gasteiger partial charge is 0.258 e. The number of amides is 1. The largest absolute Gasteiger partial charge is 0.483 e. The predicted molar refractivity (Wildman–Crippen MR) is 72.9 cm³/mol. The molecule has 0 aliphatic carbocycles.